The van der Waals surface area contributed by atoms with Gasteiger partial charge in [0.1, 0.15) is 0 Å². The van der Waals surface area contributed by atoms with Gasteiger partial charge in [-0.3, -0.25) is 0 Å². The van der Waals surface area contributed by atoms with Crippen LogP contribution < -0.4 is 0 Å². The molecule has 0 amide bonds. The molecule has 0 aliphatic rings. The van der Waals surface area contributed by atoms with Gasteiger partial charge in [0, 0.05) is 11.0 Å². The van der Waals surface area contributed by atoms with Crippen LogP contribution >= 0.6 is 11.8 Å². The smallest absolute Gasteiger partial charge is 0.330 e. The summed E-state index contributed by atoms with van der Waals surface area (Å²) >= 11 is 1.48. The summed E-state index contributed by atoms with van der Waals surface area (Å²) in [6.45, 7) is 5.64. The first-order valence-electron chi connectivity index (χ1n) is 3.98. The zero-order valence-corrected chi connectivity index (χ0v) is 8.76. The molecule has 0 saturated heterocycles. The molecule has 0 N–H and O–H groups in total. The normalized spacial score (nSPS) is 11.7. The minimum absolute atomic E-state index is 0.341. The zero-order valence-electron chi connectivity index (χ0n) is 7.95. The second-order valence-electron chi connectivity index (χ2n) is 2.16. The van der Waals surface area contributed by atoms with Gasteiger partial charge >= 0.3 is 5.97 Å². The van der Waals surface area contributed by atoms with Crippen LogP contribution in [0.15, 0.2) is 35.1 Å². The van der Waals surface area contributed by atoms with E-state index < -0.39 is 0 Å². The summed E-state index contributed by atoms with van der Waals surface area (Å²) in [6.07, 6.45) is 6.08. The maximum atomic E-state index is 10.8. The highest BCUT2D eigenvalue weighted by Gasteiger charge is 1.93. The summed E-state index contributed by atoms with van der Waals surface area (Å²) in [5, 5.41) is 1.73. The minimum Gasteiger partial charge on any atom is -0.466 e. The first-order valence-corrected chi connectivity index (χ1v) is 4.86. The van der Waals surface area contributed by atoms with E-state index in [0.717, 1.165) is 11.3 Å². The number of carbonyl (C=O) groups excluding carboxylic acids is 1. The fourth-order valence-electron chi connectivity index (χ4n) is 0.671. The molecule has 0 rings (SSSR count). The van der Waals surface area contributed by atoms with Crippen molar-refractivity contribution in [3.63, 3.8) is 0 Å². The molecule has 0 bridgehead atoms. The maximum absolute atomic E-state index is 10.8. The molecule has 0 aliphatic heterocycles. The highest BCUT2D eigenvalue weighted by atomic mass is 32.2. The van der Waals surface area contributed by atoms with E-state index >= 15 is 0 Å². The first kappa shape index (κ1) is 12.0. The second-order valence-corrected chi connectivity index (χ2v) is 3.20. The van der Waals surface area contributed by atoms with E-state index in [2.05, 4.69) is 11.3 Å². The van der Waals surface area contributed by atoms with Gasteiger partial charge in [-0.05, 0) is 17.9 Å². The van der Waals surface area contributed by atoms with E-state index in [4.69, 9.17) is 0 Å². The number of allylic oxidation sites excluding steroid dienone is 2. The van der Waals surface area contributed by atoms with Crippen LogP contribution in [0, 0.1) is 0 Å². The number of hydrogen-bond donors (Lipinski definition) is 0. The van der Waals surface area contributed by atoms with Crippen molar-refractivity contribution in [2.24, 2.45) is 0 Å². The van der Waals surface area contributed by atoms with E-state index in [-0.39, 0.29) is 5.97 Å². The Morgan fingerprint density at radius 1 is 1.54 bits per heavy atom. The molecular formula is C10H14O2S. The third kappa shape index (κ3) is 6.22. The Labute approximate surface area is 83.4 Å². The summed E-state index contributed by atoms with van der Waals surface area (Å²) in [7, 11) is 1.36. The lowest BCUT2D eigenvalue weighted by Crippen LogP contribution is -1.93. The predicted octanol–water partition coefficient (Wildman–Crippen LogP) is 2.89. The summed E-state index contributed by atoms with van der Waals surface area (Å²) in [4.78, 5) is 11.8. The molecule has 0 atom stereocenters. The molecule has 0 unspecified atom stereocenters. The van der Waals surface area contributed by atoms with Gasteiger partial charge in [0.05, 0.1) is 7.11 Å². The van der Waals surface area contributed by atoms with Gasteiger partial charge in [0.25, 0.3) is 0 Å². The first-order chi connectivity index (χ1) is 6.24. The Morgan fingerprint density at radius 3 is 2.69 bits per heavy atom. The number of hydrogen-bond acceptors (Lipinski definition) is 3. The molecule has 0 saturated carbocycles. The molecule has 0 spiro atoms. The molecule has 0 aromatic heterocycles. The van der Waals surface area contributed by atoms with Crippen molar-refractivity contribution < 1.29 is 9.53 Å². The molecule has 13 heavy (non-hydrogen) atoms. The van der Waals surface area contributed by atoms with E-state index in [1.165, 1.54) is 24.9 Å². The third-order valence-electron chi connectivity index (χ3n) is 1.21. The Balaban J connectivity index is 4.24. The Kier molecular flexibility index (Phi) is 7.11. The van der Waals surface area contributed by atoms with Crippen LogP contribution in [0.4, 0.5) is 0 Å². The minimum atomic E-state index is -0.341. The SMILES string of the molecule is C=CSC(=C\CC)/C=C/C(=O)OC. The van der Waals surface area contributed by atoms with E-state index in [1.54, 1.807) is 11.5 Å². The summed E-state index contributed by atoms with van der Waals surface area (Å²) < 4.78 is 4.47. The van der Waals surface area contributed by atoms with Crippen LogP contribution in [-0.4, -0.2) is 13.1 Å². The van der Waals surface area contributed by atoms with Gasteiger partial charge in [-0.2, -0.15) is 0 Å². The highest BCUT2D eigenvalue weighted by molar-refractivity contribution is 8.06. The monoisotopic (exact) mass is 198 g/mol. The number of ether oxygens (including phenoxy) is 1. The van der Waals surface area contributed by atoms with Crippen molar-refractivity contribution in [3.8, 4) is 0 Å². The standard InChI is InChI=1S/C10H14O2S/c1-4-6-9(13-5-2)7-8-10(11)12-3/h5-8H,2,4H2,1,3H3/b8-7+,9-6-. The van der Waals surface area contributed by atoms with Gasteiger partial charge in [0.2, 0.25) is 0 Å². The van der Waals surface area contributed by atoms with Gasteiger partial charge in [-0.15, -0.1) is 0 Å². The number of esters is 1. The number of thioether (sulfide) groups is 1. The quantitative estimate of drug-likeness (QED) is 0.386. The molecule has 0 aromatic rings. The van der Waals surface area contributed by atoms with Crippen molar-refractivity contribution in [2.75, 3.05) is 7.11 Å². The van der Waals surface area contributed by atoms with E-state index in [1.807, 2.05) is 13.0 Å². The fourth-order valence-corrected chi connectivity index (χ4v) is 1.27. The molecule has 0 aromatic carbocycles. The van der Waals surface area contributed by atoms with Crippen LogP contribution in [0.5, 0.6) is 0 Å². The molecule has 72 valence electrons. The highest BCUT2D eigenvalue weighted by Crippen LogP contribution is 2.17. The summed E-state index contributed by atoms with van der Waals surface area (Å²) in [5.74, 6) is -0.341. The van der Waals surface area contributed by atoms with Crippen molar-refractivity contribution in [2.45, 2.75) is 13.3 Å². The lowest BCUT2D eigenvalue weighted by atomic mass is 10.4. The van der Waals surface area contributed by atoms with Gasteiger partial charge in [-0.25, -0.2) is 4.79 Å². The summed E-state index contributed by atoms with van der Waals surface area (Å²) in [6, 6.07) is 0. The topological polar surface area (TPSA) is 26.3 Å². The molecule has 3 heteroatoms. The van der Waals surface area contributed by atoms with E-state index in [0.29, 0.717) is 0 Å². The Morgan fingerprint density at radius 2 is 2.23 bits per heavy atom. The van der Waals surface area contributed by atoms with Crippen molar-refractivity contribution in [1.82, 2.24) is 0 Å². The second kappa shape index (κ2) is 7.68. The Hall–Kier alpha value is -0.960. The third-order valence-corrected chi connectivity index (χ3v) is 1.95. The van der Waals surface area contributed by atoms with Crippen LogP contribution in [0.1, 0.15) is 13.3 Å². The maximum Gasteiger partial charge on any atom is 0.330 e. The van der Waals surface area contributed by atoms with Gasteiger partial charge in [0.15, 0.2) is 0 Å². The van der Waals surface area contributed by atoms with E-state index in [9.17, 15) is 4.79 Å². The molecule has 0 fully saturated rings. The van der Waals surface area contributed by atoms with Crippen molar-refractivity contribution >= 4 is 17.7 Å². The molecule has 0 heterocycles. The number of carbonyl (C=O) groups is 1. The average Bonchev–Trinajstić information content (AvgIpc) is 2.14. The van der Waals surface area contributed by atoms with Crippen molar-refractivity contribution in [3.05, 3.63) is 35.1 Å². The lowest BCUT2D eigenvalue weighted by Gasteiger charge is -1.95. The van der Waals surface area contributed by atoms with Crippen LogP contribution in [0.25, 0.3) is 0 Å². The largest absolute Gasteiger partial charge is 0.466 e. The molecule has 0 radical (unpaired) electrons. The summed E-state index contributed by atoms with van der Waals surface area (Å²) in [5.41, 5.74) is 0. The lowest BCUT2D eigenvalue weighted by molar-refractivity contribution is -0.134. The van der Waals surface area contributed by atoms with Gasteiger partial charge in [-0.1, -0.05) is 31.3 Å². The van der Waals surface area contributed by atoms with Crippen LogP contribution in [0.3, 0.4) is 0 Å². The zero-order chi connectivity index (χ0) is 10.1. The molecule has 2 nitrogen and oxygen atoms in total. The molecule has 0 aliphatic carbocycles. The van der Waals surface area contributed by atoms with Crippen LogP contribution in [-0.2, 0) is 9.53 Å². The number of rotatable bonds is 5. The predicted molar refractivity (Wildman–Crippen MR) is 57.3 cm³/mol. The Bertz CT molecular complexity index is 229. The average molecular weight is 198 g/mol. The van der Waals surface area contributed by atoms with Crippen LogP contribution in [0.2, 0.25) is 0 Å². The molecular weight excluding hydrogens is 184 g/mol. The van der Waals surface area contributed by atoms with Gasteiger partial charge < -0.3 is 4.74 Å². The number of methoxy groups -OCH3 is 1. The van der Waals surface area contributed by atoms with Crippen molar-refractivity contribution in [1.29, 1.82) is 0 Å². The fraction of sp³-hybridized carbons (Fsp3) is 0.300.